The summed E-state index contributed by atoms with van der Waals surface area (Å²) in [5, 5.41) is 0. The van der Waals surface area contributed by atoms with Crippen LogP contribution in [-0.2, 0) is 0 Å². The molecule has 1 heterocycles. The van der Waals surface area contributed by atoms with Gasteiger partial charge in [0.2, 0.25) is 5.78 Å². The van der Waals surface area contributed by atoms with Crippen molar-refractivity contribution in [3.05, 3.63) is 52.8 Å². The lowest BCUT2D eigenvalue weighted by Crippen LogP contribution is -2.12. The molecule has 0 N–H and O–H groups in total. The van der Waals surface area contributed by atoms with Crippen LogP contribution < -0.4 is 9.47 Å². The number of pyridine rings is 1. The summed E-state index contributed by atoms with van der Waals surface area (Å²) in [6.45, 7) is -0.0570. The Morgan fingerprint density at radius 1 is 1.32 bits per heavy atom. The zero-order valence-electron chi connectivity index (χ0n) is 10.3. The summed E-state index contributed by atoms with van der Waals surface area (Å²) >= 11 is 3.29. The number of para-hydroxylation sites is 1. The van der Waals surface area contributed by atoms with E-state index in [0.717, 1.165) is 4.47 Å². The van der Waals surface area contributed by atoms with Gasteiger partial charge < -0.3 is 9.47 Å². The molecule has 4 nitrogen and oxygen atoms in total. The third-order valence-electron chi connectivity index (χ3n) is 2.46. The molecule has 2 rings (SSSR count). The molecule has 0 radical (unpaired) electrons. The van der Waals surface area contributed by atoms with Crippen molar-refractivity contribution in [2.75, 3.05) is 13.7 Å². The highest BCUT2D eigenvalue weighted by Crippen LogP contribution is 2.19. The number of benzene rings is 1. The Bertz CT molecular complexity index is 586. The zero-order chi connectivity index (χ0) is 13.7. The van der Waals surface area contributed by atoms with Gasteiger partial charge in [0.25, 0.3) is 0 Å². The summed E-state index contributed by atoms with van der Waals surface area (Å²) in [6, 6.07) is 8.81. The van der Waals surface area contributed by atoms with E-state index in [9.17, 15) is 4.79 Å². The van der Waals surface area contributed by atoms with Crippen molar-refractivity contribution in [3.63, 3.8) is 0 Å². The van der Waals surface area contributed by atoms with Gasteiger partial charge in [0.05, 0.1) is 18.9 Å². The van der Waals surface area contributed by atoms with Crippen molar-refractivity contribution < 1.29 is 14.3 Å². The Hall–Kier alpha value is -1.88. The molecular formula is C14H12BrNO3. The average Bonchev–Trinajstić information content (AvgIpc) is 2.45. The van der Waals surface area contributed by atoms with E-state index in [4.69, 9.17) is 9.47 Å². The highest BCUT2D eigenvalue weighted by molar-refractivity contribution is 9.10. The maximum absolute atomic E-state index is 12.0. The van der Waals surface area contributed by atoms with Gasteiger partial charge in [-0.25, -0.2) is 0 Å². The van der Waals surface area contributed by atoms with Crippen molar-refractivity contribution in [3.8, 4) is 11.5 Å². The smallest absolute Gasteiger partial charge is 0.203 e. The number of carbonyl (C=O) groups excluding carboxylic acids is 1. The van der Waals surface area contributed by atoms with Gasteiger partial charge in [-0.1, -0.05) is 12.1 Å². The quantitative estimate of drug-likeness (QED) is 0.794. The summed E-state index contributed by atoms with van der Waals surface area (Å²) < 4.78 is 11.3. The van der Waals surface area contributed by atoms with Crippen LogP contribution in [0.3, 0.4) is 0 Å². The number of rotatable bonds is 5. The first-order chi connectivity index (χ1) is 9.20. The Morgan fingerprint density at radius 3 is 2.84 bits per heavy atom. The van der Waals surface area contributed by atoms with Crippen LogP contribution in [0.4, 0.5) is 0 Å². The third kappa shape index (κ3) is 3.54. The van der Waals surface area contributed by atoms with Crippen LogP contribution in [0.2, 0.25) is 0 Å². The fraction of sp³-hybridized carbons (Fsp3) is 0.143. The molecular weight excluding hydrogens is 310 g/mol. The second-order valence-electron chi connectivity index (χ2n) is 3.75. The minimum absolute atomic E-state index is 0.0570. The van der Waals surface area contributed by atoms with Crippen molar-refractivity contribution in [2.24, 2.45) is 0 Å². The molecule has 1 aromatic carbocycles. The van der Waals surface area contributed by atoms with Crippen molar-refractivity contribution in [1.82, 2.24) is 4.98 Å². The molecule has 2 aromatic rings. The van der Waals surface area contributed by atoms with Crippen LogP contribution in [0.5, 0.6) is 11.5 Å². The number of hydrogen-bond acceptors (Lipinski definition) is 4. The molecule has 0 saturated heterocycles. The number of ether oxygens (including phenoxy) is 2. The number of methoxy groups -OCH3 is 1. The first-order valence-electron chi connectivity index (χ1n) is 5.60. The largest absolute Gasteiger partial charge is 0.496 e. The third-order valence-corrected chi connectivity index (χ3v) is 2.89. The summed E-state index contributed by atoms with van der Waals surface area (Å²) in [6.07, 6.45) is 3.20. The van der Waals surface area contributed by atoms with Gasteiger partial charge >= 0.3 is 0 Å². The second-order valence-corrected chi connectivity index (χ2v) is 4.67. The van der Waals surface area contributed by atoms with Gasteiger partial charge in [-0.3, -0.25) is 9.78 Å². The summed E-state index contributed by atoms with van der Waals surface area (Å²) in [7, 11) is 1.53. The summed E-state index contributed by atoms with van der Waals surface area (Å²) in [5.74, 6) is 0.943. The Kier molecular flexibility index (Phi) is 4.52. The first kappa shape index (κ1) is 13.5. The molecule has 1 aromatic heterocycles. The molecule has 0 fully saturated rings. The standard InChI is InChI=1S/C14H12BrNO3/c1-18-14-5-3-2-4-12(14)13(17)9-19-11-6-10(15)7-16-8-11/h2-8H,9H2,1H3. The first-order valence-corrected chi connectivity index (χ1v) is 6.39. The Morgan fingerprint density at radius 2 is 2.11 bits per heavy atom. The molecule has 0 bridgehead atoms. The molecule has 0 saturated carbocycles. The maximum atomic E-state index is 12.0. The van der Waals surface area contributed by atoms with Crippen molar-refractivity contribution in [2.45, 2.75) is 0 Å². The van der Waals surface area contributed by atoms with E-state index in [1.807, 2.05) is 6.07 Å². The van der Waals surface area contributed by atoms with E-state index < -0.39 is 0 Å². The fourth-order valence-electron chi connectivity index (χ4n) is 1.57. The van der Waals surface area contributed by atoms with E-state index in [0.29, 0.717) is 17.1 Å². The van der Waals surface area contributed by atoms with Crippen molar-refractivity contribution >= 4 is 21.7 Å². The number of ketones is 1. The molecule has 19 heavy (non-hydrogen) atoms. The molecule has 0 aliphatic rings. The van der Waals surface area contributed by atoms with Gasteiger partial charge in [-0.05, 0) is 34.1 Å². The summed E-state index contributed by atoms with van der Waals surface area (Å²) in [5.41, 5.74) is 0.507. The number of nitrogens with zero attached hydrogens (tertiary/aromatic N) is 1. The number of Topliss-reactive ketones (excluding diaryl/α,β-unsaturated/α-hetero) is 1. The molecule has 98 valence electrons. The minimum Gasteiger partial charge on any atom is -0.496 e. The van der Waals surface area contributed by atoms with Crippen LogP contribution in [0.1, 0.15) is 10.4 Å². The van der Waals surface area contributed by atoms with Crippen LogP contribution in [-0.4, -0.2) is 24.5 Å². The number of aromatic nitrogens is 1. The topological polar surface area (TPSA) is 48.4 Å². The normalized spacial score (nSPS) is 10.0. The van der Waals surface area contributed by atoms with Gasteiger partial charge in [0.15, 0.2) is 6.61 Å². The lowest BCUT2D eigenvalue weighted by atomic mass is 10.1. The van der Waals surface area contributed by atoms with E-state index in [1.54, 1.807) is 36.7 Å². The molecule has 0 aliphatic heterocycles. The van der Waals surface area contributed by atoms with E-state index >= 15 is 0 Å². The van der Waals surface area contributed by atoms with E-state index in [-0.39, 0.29) is 12.4 Å². The zero-order valence-corrected chi connectivity index (χ0v) is 11.9. The van der Waals surface area contributed by atoms with Crippen LogP contribution in [0.15, 0.2) is 47.2 Å². The highest BCUT2D eigenvalue weighted by Gasteiger charge is 2.12. The number of carbonyl (C=O) groups is 1. The molecule has 0 aliphatic carbocycles. The molecule has 5 heteroatoms. The predicted octanol–water partition coefficient (Wildman–Crippen LogP) is 3.11. The number of halogens is 1. The monoisotopic (exact) mass is 321 g/mol. The lowest BCUT2D eigenvalue weighted by molar-refractivity contribution is 0.0918. The Balaban J connectivity index is 2.05. The predicted molar refractivity (Wildman–Crippen MR) is 74.8 cm³/mol. The molecule has 0 atom stereocenters. The highest BCUT2D eigenvalue weighted by atomic mass is 79.9. The van der Waals surface area contributed by atoms with Gasteiger partial charge in [-0.15, -0.1) is 0 Å². The molecule has 0 unspecified atom stereocenters. The van der Waals surface area contributed by atoms with Gasteiger partial charge in [-0.2, -0.15) is 0 Å². The van der Waals surface area contributed by atoms with Crippen molar-refractivity contribution in [1.29, 1.82) is 0 Å². The number of hydrogen-bond donors (Lipinski definition) is 0. The molecule has 0 spiro atoms. The lowest BCUT2D eigenvalue weighted by Gasteiger charge is -2.08. The fourth-order valence-corrected chi connectivity index (χ4v) is 1.92. The second kappa shape index (κ2) is 6.33. The van der Waals surface area contributed by atoms with Gasteiger partial charge in [0.1, 0.15) is 11.5 Å². The van der Waals surface area contributed by atoms with E-state index in [1.165, 1.54) is 7.11 Å². The van der Waals surface area contributed by atoms with Gasteiger partial charge in [0, 0.05) is 10.7 Å². The maximum Gasteiger partial charge on any atom is 0.203 e. The van der Waals surface area contributed by atoms with E-state index in [2.05, 4.69) is 20.9 Å². The van der Waals surface area contributed by atoms with Crippen LogP contribution in [0, 0.1) is 0 Å². The SMILES string of the molecule is COc1ccccc1C(=O)COc1cncc(Br)c1. The molecule has 0 amide bonds. The van der Waals surface area contributed by atoms with Crippen LogP contribution >= 0.6 is 15.9 Å². The Labute approximate surface area is 119 Å². The van der Waals surface area contributed by atoms with Crippen LogP contribution in [0.25, 0.3) is 0 Å². The summed E-state index contributed by atoms with van der Waals surface area (Å²) in [4.78, 5) is 16.0. The average molecular weight is 322 g/mol. The minimum atomic E-state index is -0.141.